The number of nitrogens with one attached hydrogen (secondary N) is 1. The lowest BCUT2D eigenvalue weighted by Gasteiger charge is -2.02. The molecule has 2 aromatic heterocycles. The van der Waals surface area contributed by atoms with Crippen molar-refractivity contribution in [3.63, 3.8) is 0 Å². The summed E-state index contributed by atoms with van der Waals surface area (Å²) in [6.07, 6.45) is 2.62. The van der Waals surface area contributed by atoms with Crippen molar-refractivity contribution in [1.82, 2.24) is 19.5 Å². The van der Waals surface area contributed by atoms with Crippen molar-refractivity contribution < 1.29 is 13.5 Å². The highest BCUT2D eigenvalue weighted by Crippen LogP contribution is 2.08. The van der Waals surface area contributed by atoms with E-state index in [1.54, 1.807) is 10.9 Å². The predicted octanol–water partition coefficient (Wildman–Crippen LogP) is -0.190. The van der Waals surface area contributed by atoms with Gasteiger partial charge in [-0.3, -0.25) is 4.68 Å². The smallest absolute Gasteiger partial charge is 0.244 e. The third-order valence-corrected chi connectivity index (χ3v) is 4.17. The first-order valence-corrected chi connectivity index (χ1v) is 7.54. The molecule has 2 rings (SSSR count). The van der Waals surface area contributed by atoms with Crippen LogP contribution in [0.4, 0.5) is 0 Å². The van der Waals surface area contributed by atoms with Crippen LogP contribution >= 0.6 is 11.3 Å². The molecule has 0 fully saturated rings. The van der Waals surface area contributed by atoms with Crippen molar-refractivity contribution in [2.75, 3.05) is 6.61 Å². The number of thiazole rings is 1. The van der Waals surface area contributed by atoms with Crippen LogP contribution in [0.15, 0.2) is 28.2 Å². The zero-order valence-electron chi connectivity index (χ0n) is 9.35. The molecule has 0 aliphatic carbocycles. The Morgan fingerprint density at radius 1 is 1.50 bits per heavy atom. The van der Waals surface area contributed by atoms with Crippen molar-refractivity contribution in [3.8, 4) is 0 Å². The SMILES string of the molecule is O=S(=O)(NCc1cscn1)c1cnn(CCO)c1. The first kappa shape index (κ1) is 13.1. The van der Waals surface area contributed by atoms with Crippen LogP contribution < -0.4 is 4.72 Å². The molecule has 98 valence electrons. The van der Waals surface area contributed by atoms with Gasteiger partial charge in [-0.25, -0.2) is 18.1 Å². The van der Waals surface area contributed by atoms with Gasteiger partial charge in [-0.2, -0.15) is 5.10 Å². The van der Waals surface area contributed by atoms with Gasteiger partial charge in [0.2, 0.25) is 10.0 Å². The summed E-state index contributed by atoms with van der Waals surface area (Å²) < 4.78 is 27.6. The summed E-state index contributed by atoms with van der Waals surface area (Å²) >= 11 is 1.41. The van der Waals surface area contributed by atoms with Crippen molar-refractivity contribution in [2.24, 2.45) is 0 Å². The third-order valence-electron chi connectivity index (χ3n) is 2.18. The van der Waals surface area contributed by atoms with E-state index in [0.29, 0.717) is 5.69 Å². The maximum Gasteiger partial charge on any atom is 0.244 e. The van der Waals surface area contributed by atoms with Gasteiger partial charge in [-0.05, 0) is 0 Å². The predicted molar refractivity (Wildman–Crippen MR) is 65.5 cm³/mol. The molecule has 9 heteroatoms. The largest absolute Gasteiger partial charge is 0.394 e. The minimum atomic E-state index is -3.58. The molecule has 2 heterocycles. The number of rotatable bonds is 6. The van der Waals surface area contributed by atoms with Crippen LogP contribution in [0, 0.1) is 0 Å². The van der Waals surface area contributed by atoms with Gasteiger partial charge in [0, 0.05) is 11.6 Å². The third kappa shape index (κ3) is 3.13. The molecule has 2 N–H and O–H groups in total. The second kappa shape index (κ2) is 5.57. The van der Waals surface area contributed by atoms with Crippen molar-refractivity contribution in [2.45, 2.75) is 18.0 Å². The fourth-order valence-electron chi connectivity index (χ4n) is 1.29. The van der Waals surface area contributed by atoms with Crippen LogP contribution in [-0.2, 0) is 23.1 Å². The number of sulfonamides is 1. The van der Waals surface area contributed by atoms with Crippen LogP contribution in [0.1, 0.15) is 5.69 Å². The highest BCUT2D eigenvalue weighted by Gasteiger charge is 2.16. The molecular formula is C9H12N4O3S2. The summed E-state index contributed by atoms with van der Waals surface area (Å²) in [5.41, 5.74) is 2.31. The Balaban J connectivity index is 2.05. The molecule has 7 nitrogen and oxygen atoms in total. The van der Waals surface area contributed by atoms with Gasteiger partial charge >= 0.3 is 0 Å². The average molecular weight is 288 g/mol. The Morgan fingerprint density at radius 2 is 2.33 bits per heavy atom. The molecule has 0 radical (unpaired) electrons. The van der Waals surface area contributed by atoms with E-state index < -0.39 is 10.0 Å². The highest BCUT2D eigenvalue weighted by atomic mass is 32.2. The Hall–Kier alpha value is -1.29. The van der Waals surface area contributed by atoms with Gasteiger partial charge in [-0.15, -0.1) is 11.3 Å². The average Bonchev–Trinajstić information content (AvgIpc) is 2.98. The maximum absolute atomic E-state index is 11.9. The molecule has 0 aromatic carbocycles. The molecule has 0 unspecified atom stereocenters. The lowest BCUT2D eigenvalue weighted by atomic mass is 10.5. The molecule has 0 aliphatic rings. The zero-order valence-corrected chi connectivity index (χ0v) is 11.0. The lowest BCUT2D eigenvalue weighted by molar-refractivity contribution is 0.269. The molecule has 0 atom stereocenters. The lowest BCUT2D eigenvalue weighted by Crippen LogP contribution is -2.23. The van der Waals surface area contributed by atoms with Crippen LogP contribution in [0.3, 0.4) is 0 Å². The van der Waals surface area contributed by atoms with E-state index in [1.165, 1.54) is 28.4 Å². The number of aliphatic hydroxyl groups is 1. The summed E-state index contributed by atoms with van der Waals surface area (Å²) in [5, 5.41) is 14.3. The highest BCUT2D eigenvalue weighted by molar-refractivity contribution is 7.89. The summed E-state index contributed by atoms with van der Waals surface area (Å²) in [4.78, 5) is 4.06. The summed E-state index contributed by atoms with van der Waals surface area (Å²) in [6, 6.07) is 0. The van der Waals surface area contributed by atoms with E-state index in [9.17, 15) is 8.42 Å². The Labute approximate surface area is 108 Å². The fourth-order valence-corrected chi connectivity index (χ4v) is 2.79. The molecule has 0 saturated carbocycles. The fraction of sp³-hybridized carbons (Fsp3) is 0.333. The van der Waals surface area contributed by atoms with Gasteiger partial charge in [0.05, 0.1) is 37.1 Å². The van der Waals surface area contributed by atoms with Gasteiger partial charge in [0.1, 0.15) is 4.90 Å². The normalized spacial score (nSPS) is 11.8. The quantitative estimate of drug-likeness (QED) is 0.768. The second-order valence-electron chi connectivity index (χ2n) is 3.47. The number of hydrogen-bond donors (Lipinski definition) is 2. The summed E-state index contributed by atoms with van der Waals surface area (Å²) in [5.74, 6) is 0. The van der Waals surface area contributed by atoms with E-state index in [4.69, 9.17) is 5.11 Å². The van der Waals surface area contributed by atoms with E-state index in [-0.39, 0.29) is 24.6 Å². The Morgan fingerprint density at radius 3 is 3.00 bits per heavy atom. The van der Waals surface area contributed by atoms with Gasteiger partial charge in [0.15, 0.2) is 0 Å². The first-order valence-electron chi connectivity index (χ1n) is 5.12. The van der Waals surface area contributed by atoms with Gasteiger partial charge in [-0.1, -0.05) is 0 Å². The standard InChI is InChI=1S/C9H12N4O3S2/c14-2-1-13-5-9(4-11-13)18(15,16)12-3-8-6-17-7-10-8/h4-7,12,14H,1-3H2. The second-order valence-corrected chi connectivity index (χ2v) is 5.95. The van der Waals surface area contributed by atoms with Crippen LogP contribution in [0.2, 0.25) is 0 Å². The molecule has 0 aliphatic heterocycles. The number of aliphatic hydroxyl groups excluding tert-OH is 1. The first-order chi connectivity index (χ1) is 8.62. The number of nitrogens with zero attached hydrogens (tertiary/aromatic N) is 3. The maximum atomic E-state index is 11.9. The summed E-state index contributed by atoms with van der Waals surface area (Å²) in [7, 11) is -3.58. The molecule has 0 amide bonds. The Bertz CT molecular complexity index is 591. The van der Waals surface area contributed by atoms with E-state index in [2.05, 4.69) is 14.8 Å². The minimum absolute atomic E-state index is 0.0752. The molecule has 0 bridgehead atoms. The van der Waals surface area contributed by atoms with E-state index in [0.717, 1.165) is 0 Å². The molecule has 0 saturated heterocycles. The Kier molecular flexibility index (Phi) is 4.07. The van der Waals surface area contributed by atoms with Gasteiger partial charge < -0.3 is 5.11 Å². The topological polar surface area (TPSA) is 97.1 Å². The molecule has 2 aromatic rings. The van der Waals surface area contributed by atoms with Crippen molar-refractivity contribution in [1.29, 1.82) is 0 Å². The number of aromatic nitrogens is 3. The molecule has 18 heavy (non-hydrogen) atoms. The molecule has 0 spiro atoms. The zero-order chi connectivity index (χ0) is 13.0. The van der Waals surface area contributed by atoms with Crippen molar-refractivity contribution in [3.05, 3.63) is 29.0 Å². The monoisotopic (exact) mass is 288 g/mol. The van der Waals surface area contributed by atoms with Crippen LogP contribution in [0.5, 0.6) is 0 Å². The van der Waals surface area contributed by atoms with Gasteiger partial charge in [0.25, 0.3) is 0 Å². The number of hydrogen-bond acceptors (Lipinski definition) is 6. The minimum Gasteiger partial charge on any atom is -0.394 e. The van der Waals surface area contributed by atoms with Crippen LogP contribution in [-0.4, -0.2) is 34.9 Å². The van der Waals surface area contributed by atoms with E-state index in [1.807, 2.05) is 0 Å². The summed E-state index contributed by atoms with van der Waals surface area (Å²) in [6.45, 7) is 0.325. The molecular weight excluding hydrogens is 276 g/mol. The van der Waals surface area contributed by atoms with Crippen LogP contribution in [0.25, 0.3) is 0 Å². The van der Waals surface area contributed by atoms with Crippen molar-refractivity contribution >= 4 is 21.4 Å². The van der Waals surface area contributed by atoms with E-state index >= 15 is 0 Å².